The highest BCUT2D eigenvalue weighted by Crippen LogP contribution is 2.22. The number of ether oxygens (including phenoxy) is 1. The molecule has 7 nitrogen and oxygen atoms in total. The lowest BCUT2D eigenvalue weighted by Gasteiger charge is -2.36. The number of nitrogens with one attached hydrogen (secondary N) is 2. The van der Waals surface area contributed by atoms with E-state index in [9.17, 15) is 19.1 Å². The summed E-state index contributed by atoms with van der Waals surface area (Å²) in [5.41, 5.74) is 0.223. The van der Waals surface area contributed by atoms with E-state index in [4.69, 9.17) is 4.74 Å². The monoisotopic (exact) mass is 407 g/mol. The number of likely N-dealkylation sites (tertiary alicyclic amines) is 1. The largest absolute Gasteiger partial charge is 0.394 e. The number of hydrogen-bond donors (Lipinski definition) is 3. The Balaban J connectivity index is 1.42. The van der Waals surface area contributed by atoms with Crippen molar-refractivity contribution in [3.8, 4) is 0 Å². The Kier molecular flexibility index (Phi) is 7.97. The maximum atomic E-state index is 13.3. The van der Waals surface area contributed by atoms with Crippen LogP contribution in [0, 0.1) is 5.82 Å². The van der Waals surface area contributed by atoms with Gasteiger partial charge in [-0.1, -0.05) is 6.07 Å². The van der Waals surface area contributed by atoms with Crippen molar-refractivity contribution >= 4 is 11.8 Å². The summed E-state index contributed by atoms with van der Waals surface area (Å²) in [4.78, 5) is 26.8. The van der Waals surface area contributed by atoms with E-state index >= 15 is 0 Å². The maximum Gasteiger partial charge on any atom is 0.251 e. The zero-order valence-corrected chi connectivity index (χ0v) is 16.6. The van der Waals surface area contributed by atoms with Crippen LogP contribution in [-0.4, -0.2) is 72.9 Å². The molecule has 3 N–H and O–H groups in total. The summed E-state index contributed by atoms with van der Waals surface area (Å²) in [6, 6.07) is 5.07. The van der Waals surface area contributed by atoms with Gasteiger partial charge >= 0.3 is 0 Å². The van der Waals surface area contributed by atoms with Crippen LogP contribution >= 0.6 is 0 Å². The molecule has 0 aliphatic carbocycles. The van der Waals surface area contributed by atoms with Crippen LogP contribution in [-0.2, 0) is 9.53 Å². The first-order valence-electron chi connectivity index (χ1n) is 10.4. The fraction of sp³-hybridized carbons (Fsp3) is 0.619. The number of rotatable bonds is 8. The van der Waals surface area contributed by atoms with Gasteiger partial charge in [0, 0.05) is 18.7 Å². The number of aliphatic hydroxyl groups excluding tert-OH is 1. The van der Waals surface area contributed by atoms with Crippen molar-refractivity contribution in [1.82, 2.24) is 15.5 Å². The van der Waals surface area contributed by atoms with Gasteiger partial charge in [0.2, 0.25) is 5.91 Å². The first kappa shape index (κ1) is 21.7. The Morgan fingerprint density at radius 3 is 2.76 bits per heavy atom. The maximum absolute atomic E-state index is 13.3. The van der Waals surface area contributed by atoms with E-state index in [0.717, 1.165) is 19.6 Å². The number of hydrogen-bond acceptors (Lipinski definition) is 5. The summed E-state index contributed by atoms with van der Waals surface area (Å²) in [6.07, 6.45) is 2.99. The van der Waals surface area contributed by atoms with Crippen molar-refractivity contribution < 1.29 is 23.8 Å². The van der Waals surface area contributed by atoms with Gasteiger partial charge in [0.25, 0.3) is 5.91 Å². The van der Waals surface area contributed by atoms with Crippen LogP contribution in [0.2, 0.25) is 0 Å². The van der Waals surface area contributed by atoms with Crippen molar-refractivity contribution in [1.29, 1.82) is 0 Å². The standard InChI is InChI=1S/C21H30FN3O4/c22-16-5-3-4-15(12-16)21(28)24-18-7-6-17(29-19(18)14-26)13-20(27)23-8-11-25-9-1-2-10-25/h3-5,12,17-19,26H,1-2,6-11,13-14H2,(H,23,27)(H,24,28)/t17-,18-,19-/m0/s1. The number of halogens is 1. The summed E-state index contributed by atoms with van der Waals surface area (Å²) in [6.45, 7) is 3.43. The Morgan fingerprint density at radius 2 is 2.03 bits per heavy atom. The van der Waals surface area contributed by atoms with Crippen molar-refractivity contribution in [3.63, 3.8) is 0 Å². The Bertz CT molecular complexity index is 696. The van der Waals surface area contributed by atoms with Gasteiger partial charge in [0.15, 0.2) is 0 Å². The Labute approximate surface area is 170 Å². The molecule has 2 amide bonds. The molecule has 0 unspecified atom stereocenters. The van der Waals surface area contributed by atoms with Crippen LogP contribution in [0.15, 0.2) is 24.3 Å². The lowest BCUT2D eigenvalue weighted by Crippen LogP contribution is -2.51. The van der Waals surface area contributed by atoms with Crippen LogP contribution in [0.25, 0.3) is 0 Å². The molecule has 2 heterocycles. The van der Waals surface area contributed by atoms with E-state index in [1.165, 1.54) is 37.1 Å². The molecule has 160 valence electrons. The van der Waals surface area contributed by atoms with Gasteiger partial charge in [-0.2, -0.15) is 0 Å². The number of aliphatic hydroxyl groups is 1. The van der Waals surface area contributed by atoms with Crippen molar-refractivity contribution in [2.75, 3.05) is 32.8 Å². The highest BCUT2D eigenvalue weighted by Gasteiger charge is 2.33. The lowest BCUT2D eigenvalue weighted by molar-refractivity contribution is -0.130. The molecular weight excluding hydrogens is 377 g/mol. The molecule has 1 aromatic rings. The molecule has 29 heavy (non-hydrogen) atoms. The number of carbonyl (C=O) groups is 2. The number of carbonyl (C=O) groups excluding carboxylic acids is 2. The molecule has 3 rings (SSSR count). The number of nitrogens with zero attached hydrogens (tertiary/aromatic N) is 1. The topological polar surface area (TPSA) is 90.9 Å². The first-order chi connectivity index (χ1) is 14.0. The zero-order valence-electron chi connectivity index (χ0n) is 16.6. The van der Waals surface area contributed by atoms with Gasteiger partial charge in [0.1, 0.15) is 11.9 Å². The fourth-order valence-electron chi connectivity index (χ4n) is 3.97. The number of amides is 2. The van der Waals surface area contributed by atoms with E-state index in [0.29, 0.717) is 19.4 Å². The molecule has 1 aromatic carbocycles. The normalized spacial score (nSPS) is 25.0. The summed E-state index contributed by atoms with van der Waals surface area (Å²) in [5, 5.41) is 15.4. The van der Waals surface area contributed by atoms with Gasteiger partial charge in [0.05, 0.1) is 25.2 Å². The zero-order chi connectivity index (χ0) is 20.6. The minimum Gasteiger partial charge on any atom is -0.394 e. The highest BCUT2D eigenvalue weighted by molar-refractivity contribution is 5.94. The highest BCUT2D eigenvalue weighted by atomic mass is 19.1. The minimum atomic E-state index is -0.594. The molecule has 2 aliphatic rings. The molecule has 0 spiro atoms. The van der Waals surface area contributed by atoms with E-state index < -0.39 is 17.8 Å². The number of benzene rings is 1. The van der Waals surface area contributed by atoms with Crippen LogP contribution in [0.5, 0.6) is 0 Å². The van der Waals surface area contributed by atoms with Gasteiger partial charge in [-0.3, -0.25) is 9.59 Å². The third-order valence-electron chi connectivity index (χ3n) is 5.56. The molecule has 0 saturated carbocycles. The average Bonchev–Trinajstić information content (AvgIpc) is 3.22. The third kappa shape index (κ3) is 6.48. The van der Waals surface area contributed by atoms with E-state index in [-0.39, 0.29) is 36.6 Å². The molecule has 2 saturated heterocycles. The quantitative estimate of drug-likeness (QED) is 0.600. The van der Waals surface area contributed by atoms with Crippen LogP contribution in [0.4, 0.5) is 4.39 Å². The van der Waals surface area contributed by atoms with Gasteiger partial charge < -0.3 is 25.4 Å². The molecule has 0 bridgehead atoms. The Hall–Kier alpha value is -2.03. The van der Waals surface area contributed by atoms with E-state index in [1.54, 1.807) is 0 Å². The van der Waals surface area contributed by atoms with Crippen molar-refractivity contribution in [2.24, 2.45) is 0 Å². The summed E-state index contributed by atoms with van der Waals surface area (Å²) in [5.74, 6) is -0.949. The van der Waals surface area contributed by atoms with Crippen molar-refractivity contribution in [2.45, 2.75) is 50.4 Å². The van der Waals surface area contributed by atoms with Crippen LogP contribution < -0.4 is 10.6 Å². The Morgan fingerprint density at radius 1 is 1.24 bits per heavy atom. The first-order valence-corrected chi connectivity index (χ1v) is 10.4. The SMILES string of the molecule is O=C(C[C@@H]1CC[C@H](NC(=O)c2cccc(F)c2)[C@H](CO)O1)NCCN1CCCC1. The predicted octanol–water partition coefficient (Wildman–Crippen LogP) is 1.07. The molecular formula is C21H30FN3O4. The van der Waals surface area contributed by atoms with Gasteiger partial charge in [-0.25, -0.2) is 4.39 Å². The summed E-state index contributed by atoms with van der Waals surface area (Å²) >= 11 is 0. The van der Waals surface area contributed by atoms with Gasteiger partial charge in [-0.15, -0.1) is 0 Å². The molecule has 8 heteroatoms. The van der Waals surface area contributed by atoms with Crippen LogP contribution in [0.1, 0.15) is 42.5 Å². The third-order valence-corrected chi connectivity index (χ3v) is 5.56. The predicted molar refractivity (Wildman–Crippen MR) is 106 cm³/mol. The smallest absolute Gasteiger partial charge is 0.251 e. The average molecular weight is 407 g/mol. The minimum absolute atomic E-state index is 0.0619. The summed E-state index contributed by atoms with van der Waals surface area (Å²) in [7, 11) is 0. The molecule has 2 fully saturated rings. The molecule has 3 atom stereocenters. The molecule has 0 aromatic heterocycles. The fourth-order valence-corrected chi connectivity index (χ4v) is 3.97. The lowest BCUT2D eigenvalue weighted by atomic mass is 9.96. The van der Waals surface area contributed by atoms with Crippen molar-refractivity contribution in [3.05, 3.63) is 35.6 Å². The second kappa shape index (κ2) is 10.7. The second-order valence-corrected chi connectivity index (χ2v) is 7.75. The molecule has 2 aliphatic heterocycles. The van der Waals surface area contributed by atoms with E-state index in [1.807, 2.05) is 0 Å². The van der Waals surface area contributed by atoms with Gasteiger partial charge in [-0.05, 0) is 57.0 Å². The summed E-state index contributed by atoms with van der Waals surface area (Å²) < 4.78 is 19.2. The van der Waals surface area contributed by atoms with Crippen LogP contribution in [0.3, 0.4) is 0 Å². The second-order valence-electron chi connectivity index (χ2n) is 7.75. The molecule has 0 radical (unpaired) electrons. The van der Waals surface area contributed by atoms with E-state index in [2.05, 4.69) is 15.5 Å².